The van der Waals surface area contributed by atoms with Gasteiger partial charge in [-0.2, -0.15) is 13.2 Å². The van der Waals surface area contributed by atoms with Gasteiger partial charge in [-0.15, -0.1) is 0 Å². The first-order chi connectivity index (χ1) is 9.29. The molecule has 0 saturated carbocycles. The van der Waals surface area contributed by atoms with Gasteiger partial charge in [-0.05, 0) is 24.1 Å². The standard InChI is InChI=1S/C14H17BrF3NO/c1-3-9(4-2)8-19-13(20)10-5-6-12(15)11(7-10)14(16,17)18/h5-7,9H,3-4,8H2,1-2H3,(H,19,20). The minimum atomic E-state index is -4.48. The highest BCUT2D eigenvalue weighted by Gasteiger charge is 2.33. The highest BCUT2D eigenvalue weighted by molar-refractivity contribution is 9.10. The van der Waals surface area contributed by atoms with Crippen LogP contribution in [-0.2, 0) is 6.18 Å². The molecule has 0 saturated heterocycles. The molecule has 0 atom stereocenters. The Morgan fingerprint density at radius 1 is 1.30 bits per heavy atom. The predicted molar refractivity (Wildman–Crippen MR) is 75.5 cm³/mol. The van der Waals surface area contributed by atoms with E-state index in [9.17, 15) is 18.0 Å². The molecule has 0 aromatic heterocycles. The van der Waals surface area contributed by atoms with Gasteiger partial charge < -0.3 is 5.32 Å². The second-order valence-electron chi connectivity index (χ2n) is 4.58. The Morgan fingerprint density at radius 3 is 2.40 bits per heavy atom. The molecular formula is C14H17BrF3NO. The third-order valence-electron chi connectivity index (χ3n) is 3.24. The van der Waals surface area contributed by atoms with E-state index in [-0.39, 0.29) is 10.0 Å². The van der Waals surface area contributed by atoms with Crippen LogP contribution < -0.4 is 5.32 Å². The lowest BCUT2D eigenvalue weighted by atomic mass is 10.0. The lowest BCUT2D eigenvalue weighted by Crippen LogP contribution is -2.29. The van der Waals surface area contributed by atoms with E-state index in [1.165, 1.54) is 12.1 Å². The molecule has 20 heavy (non-hydrogen) atoms. The third-order valence-corrected chi connectivity index (χ3v) is 3.93. The Balaban J connectivity index is 2.84. The van der Waals surface area contributed by atoms with Gasteiger partial charge in [0.15, 0.2) is 0 Å². The number of alkyl halides is 3. The Bertz CT molecular complexity index is 470. The van der Waals surface area contributed by atoms with Crippen LogP contribution >= 0.6 is 15.9 Å². The van der Waals surface area contributed by atoms with Crippen molar-refractivity contribution in [3.05, 3.63) is 33.8 Å². The number of rotatable bonds is 5. The predicted octanol–water partition coefficient (Wildman–Crippen LogP) is 4.63. The molecule has 0 heterocycles. The Kier molecular flexibility index (Phi) is 6.05. The third kappa shape index (κ3) is 4.51. The fraction of sp³-hybridized carbons (Fsp3) is 0.500. The first-order valence-corrected chi connectivity index (χ1v) is 7.23. The summed E-state index contributed by atoms with van der Waals surface area (Å²) in [5, 5.41) is 2.68. The normalized spacial score (nSPS) is 11.8. The van der Waals surface area contributed by atoms with Crippen molar-refractivity contribution in [3.63, 3.8) is 0 Å². The zero-order chi connectivity index (χ0) is 15.3. The number of nitrogens with one attached hydrogen (secondary N) is 1. The van der Waals surface area contributed by atoms with E-state index in [4.69, 9.17) is 0 Å². The van der Waals surface area contributed by atoms with Gasteiger partial charge in [0.1, 0.15) is 0 Å². The average molecular weight is 352 g/mol. The molecule has 112 valence electrons. The Hall–Kier alpha value is -1.04. The maximum Gasteiger partial charge on any atom is 0.417 e. The second kappa shape index (κ2) is 7.11. The summed E-state index contributed by atoms with van der Waals surface area (Å²) in [6, 6.07) is 3.49. The summed E-state index contributed by atoms with van der Waals surface area (Å²) >= 11 is 2.85. The minimum Gasteiger partial charge on any atom is -0.352 e. The molecule has 1 N–H and O–H groups in total. The Labute approximate surface area is 124 Å². The number of carbonyl (C=O) groups excluding carboxylic acids is 1. The maximum atomic E-state index is 12.8. The number of hydrogen-bond acceptors (Lipinski definition) is 1. The van der Waals surface area contributed by atoms with Crippen LogP contribution in [0, 0.1) is 5.92 Å². The van der Waals surface area contributed by atoms with Crippen molar-refractivity contribution in [1.82, 2.24) is 5.32 Å². The number of halogens is 4. The summed E-state index contributed by atoms with van der Waals surface area (Å²) < 4.78 is 38.2. The van der Waals surface area contributed by atoms with Crippen molar-refractivity contribution in [1.29, 1.82) is 0 Å². The zero-order valence-electron chi connectivity index (χ0n) is 11.4. The van der Waals surface area contributed by atoms with Crippen LogP contribution in [-0.4, -0.2) is 12.5 Å². The van der Waals surface area contributed by atoms with E-state index in [1.807, 2.05) is 13.8 Å². The molecular weight excluding hydrogens is 335 g/mol. The lowest BCUT2D eigenvalue weighted by molar-refractivity contribution is -0.138. The number of amides is 1. The highest BCUT2D eigenvalue weighted by Crippen LogP contribution is 2.35. The first-order valence-electron chi connectivity index (χ1n) is 6.44. The molecule has 1 amide bonds. The molecule has 0 spiro atoms. The van der Waals surface area contributed by atoms with Gasteiger partial charge in [0.25, 0.3) is 5.91 Å². The van der Waals surface area contributed by atoms with Crippen LogP contribution in [0.4, 0.5) is 13.2 Å². The van der Waals surface area contributed by atoms with E-state index < -0.39 is 17.6 Å². The summed E-state index contributed by atoms with van der Waals surface area (Å²) in [4.78, 5) is 11.9. The van der Waals surface area contributed by atoms with Crippen molar-refractivity contribution in [2.75, 3.05) is 6.54 Å². The largest absolute Gasteiger partial charge is 0.417 e. The minimum absolute atomic E-state index is 0.0199. The molecule has 0 aliphatic carbocycles. The summed E-state index contributed by atoms with van der Waals surface area (Å²) in [5.41, 5.74) is -0.820. The molecule has 0 unspecified atom stereocenters. The van der Waals surface area contributed by atoms with Crippen molar-refractivity contribution in [2.24, 2.45) is 5.92 Å². The SMILES string of the molecule is CCC(CC)CNC(=O)c1ccc(Br)c(C(F)(F)F)c1. The first kappa shape index (κ1) is 17.0. The van der Waals surface area contributed by atoms with E-state index in [0.717, 1.165) is 18.9 Å². The van der Waals surface area contributed by atoms with Gasteiger partial charge in [-0.3, -0.25) is 4.79 Å². The van der Waals surface area contributed by atoms with E-state index >= 15 is 0 Å². The quantitative estimate of drug-likeness (QED) is 0.822. The fourth-order valence-corrected chi connectivity index (χ4v) is 2.27. The second-order valence-corrected chi connectivity index (χ2v) is 5.44. The molecule has 1 aromatic rings. The van der Waals surface area contributed by atoms with E-state index in [2.05, 4.69) is 21.2 Å². The molecule has 1 rings (SSSR count). The number of benzene rings is 1. The fourth-order valence-electron chi connectivity index (χ4n) is 1.80. The van der Waals surface area contributed by atoms with Gasteiger partial charge in [-0.1, -0.05) is 42.6 Å². The van der Waals surface area contributed by atoms with Crippen molar-refractivity contribution >= 4 is 21.8 Å². The van der Waals surface area contributed by atoms with Crippen LogP contribution in [0.15, 0.2) is 22.7 Å². The van der Waals surface area contributed by atoms with E-state index in [0.29, 0.717) is 12.5 Å². The number of carbonyl (C=O) groups is 1. The molecule has 2 nitrogen and oxygen atoms in total. The van der Waals surface area contributed by atoms with Gasteiger partial charge in [0, 0.05) is 16.6 Å². The van der Waals surface area contributed by atoms with Crippen molar-refractivity contribution in [2.45, 2.75) is 32.9 Å². The topological polar surface area (TPSA) is 29.1 Å². The van der Waals surface area contributed by atoms with Crippen molar-refractivity contribution < 1.29 is 18.0 Å². The molecule has 1 aromatic carbocycles. The van der Waals surface area contributed by atoms with Gasteiger partial charge in [0.05, 0.1) is 5.56 Å². The monoisotopic (exact) mass is 351 g/mol. The smallest absolute Gasteiger partial charge is 0.352 e. The number of hydrogen-bond donors (Lipinski definition) is 1. The molecule has 0 bridgehead atoms. The maximum absolute atomic E-state index is 12.8. The summed E-state index contributed by atoms with van der Waals surface area (Å²) in [5.74, 6) is -0.133. The molecule has 0 radical (unpaired) electrons. The summed E-state index contributed by atoms with van der Waals surface area (Å²) in [6.45, 7) is 4.51. The zero-order valence-corrected chi connectivity index (χ0v) is 12.9. The van der Waals surface area contributed by atoms with E-state index in [1.54, 1.807) is 0 Å². The van der Waals surface area contributed by atoms with Crippen LogP contribution in [0.25, 0.3) is 0 Å². The van der Waals surface area contributed by atoms with Crippen LogP contribution in [0.3, 0.4) is 0 Å². The van der Waals surface area contributed by atoms with Gasteiger partial charge >= 0.3 is 6.18 Å². The Morgan fingerprint density at radius 2 is 1.90 bits per heavy atom. The van der Waals surface area contributed by atoms with Gasteiger partial charge in [0.2, 0.25) is 0 Å². The summed E-state index contributed by atoms with van der Waals surface area (Å²) in [7, 11) is 0. The highest BCUT2D eigenvalue weighted by atomic mass is 79.9. The molecule has 0 fully saturated rings. The van der Waals surface area contributed by atoms with Crippen LogP contribution in [0.1, 0.15) is 42.6 Å². The van der Waals surface area contributed by atoms with Crippen LogP contribution in [0.2, 0.25) is 0 Å². The molecule has 6 heteroatoms. The lowest BCUT2D eigenvalue weighted by Gasteiger charge is -2.14. The molecule has 0 aliphatic heterocycles. The van der Waals surface area contributed by atoms with Crippen molar-refractivity contribution in [3.8, 4) is 0 Å². The molecule has 0 aliphatic rings. The van der Waals surface area contributed by atoms with Crippen LogP contribution in [0.5, 0.6) is 0 Å². The summed E-state index contributed by atoms with van der Waals surface area (Å²) in [6.07, 6.45) is -2.64. The average Bonchev–Trinajstić information content (AvgIpc) is 2.38. The van der Waals surface area contributed by atoms with Gasteiger partial charge in [-0.25, -0.2) is 0 Å².